The van der Waals surface area contributed by atoms with Gasteiger partial charge in [-0.25, -0.2) is 0 Å². The highest BCUT2D eigenvalue weighted by Crippen LogP contribution is 2.17. The first kappa shape index (κ1) is 15.9. The average molecular weight is 299 g/mol. The molecule has 0 aliphatic heterocycles. The van der Waals surface area contributed by atoms with Crippen LogP contribution in [-0.4, -0.2) is 20.1 Å². The summed E-state index contributed by atoms with van der Waals surface area (Å²) in [6, 6.07) is 15.4. The maximum absolute atomic E-state index is 12.0. The smallest absolute Gasteiger partial charge is 0.220 e. The van der Waals surface area contributed by atoms with E-state index in [1.165, 1.54) is 0 Å². The number of methoxy groups -OCH3 is 2. The molecule has 0 unspecified atom stereocenters. The molecule has 4 nitrogen and oxygen atoms in total. The molecule has 2 aromatic carbocycles. The number of benzene rings is 2. The summed E-state index contributed by atoms with van der Waals surface area (Å²) < 4.78 is 10.4. The first-order chi connectivity index (χ1) is 10.7. The van der Waals surface area contributed by atoms with Gasteiger partial charge in [-0.15, -0.1) is 0 Å². The van der Waals surface area contributed by atoms with Crippen molar-refractivity contribution in [1.82, 2.24) is 5.32 Å². The molecule has 0 spiro atoms. The molecular weight excluding hydrogens is 278 g/mol. The van der Waals surface area contributed by atoms with Gasteiger partial charge in [-0.05, 0) is 30.2 Å². The van der Waals surface area contributed by atoms with Gasteiger partial charge in [0.15, 0.2) is 0 Å². The molecule has 1 N–H and O–H groups in total. The number of nitrogens with one attached hydrogen (secondary N) is 1. The molecule has 0 fully saturated rings. The standard InChI is InChI=1S/C18H21NO3/c1-21-16-8-5-6-14(12-16)10-11-18(20)19-13-15-7-3-4-9-17(15)22-2/h3-9,12H,10-11,13H2,1-2H3,(H,19,20). The monoisotopic (exact) mass is 299 g/mol. The van der Waals surface area contributed by atoms with Crippen molar-refractivity contribution in [2.75, 3.05) is 14.2 Å². The fourth-order valence-corrected chi connectivity index (χ4v) is 2.22. The lowest BCUT2D eigenvalue weighted by molar-refractivity contribution is -0.121. The second kappa shape index (κ2) is 8.08. The van der Waals surface area contributed by atoms with Crippen LogP contribution in [-0.2, 0) is 17.8 Å². The Morgan fingerprint density at radius 3 is 2.64 bits per heavy atom. The third kappa shape index (κ3) is 4.52. The van der Waals surface area contributed by atoms with E-state index in [-0.39, 0.29) is 5.91 Å². The summed E-state index contributed by atoms with van der Waals surface area (Å²) in [5.74, 6) is 1.62. The molecule has 22 heavy (non-hydrogen) atoms. The SMILES string of the molecule is COc1cccc(CCC(=O)NCc2ccccc2OC)c1. The minimum atomic E-state index is 0.0220. The van der Waals surface area contributed by atoms with Gasteiger partial charge in [0, 0.05) is 18.5 Å². The first-order valence-electron chi connectivity index (χ1n) is 7.24. The lowest BCUT2D eigenvalue weighted by Gasteiger charge is -2.09. The Morgan fingerprint density at radius 1 is 1.05 bits per heavy atom. The molecule has 0 saturated heterocycles. The van der Waals surface area contributed by atoms with E-state index < -0.39 is 0 Å². The van der Waals surface area contributed by atoms with Crippen LogP contribution in [0, 0.1) is 0 Å². The number of aryl methyl sites for hydroxylation is 1. The van der Waals surface area contributed by atoms with Gasteiger partial charge in [0.25, 0.3) is 0 Å². The van der Waals surface area contributed by atoms with E-state index in [0.717, 1.165) is 22.6 Å². The van der Waals surface area contributed by atoms with Gasteiger partial charge in [-0.1, -0.05) is 30.3 Å². The molecule has 0 aliphatic carbocycles. The van der Waals surface area contributed by atoms with E-state index in [4.69, 9.17) is 9.47 Å². The highest BCUT2D eigenvalue weighted by atomic mass is 16.5. The van der Waals surface area contributed by atoms with Crippen molar-refractivity contribution in [2.24, 2.45) is 0 Å². The summed E-state index contributed by atoms with van der Waals surface area (Å²) in [5, 5.41) is 2.92. The predicted octanol–water partition coefficient (Wildman–Crippen LogP) is 2.95. The van der Waals surface area contributed by atoms with Crippen LogP contribution in [0.1, 0.15) is 17.5 Å². The Balaban J connectivity index is 1.83. The number of ether oxygens (including phenoxy) is 2. The van der Waals surface area contributed by atoms with Crippen LogP contribution in [0.3, 0.4) is 0 Å². The van der Waals surface area contributed by atoms with Gasteiger partial charge in [0.05, 0.1) is 14.2 Å². The number of hydrogen-bond donors (Lipinski definition) is 1. The molecule has 2 rings (SSSR count). The molecule has 0 radical (unpaired) electrons. The van der Waals surface area contributed by atoms with Crippen LogP contribution in [0.4, 0.5) is 0 Å². The van der Waals surface area contributed by atoms with Crippen molar-refractivity contribution in [2.45, 2.75) is 19.4 Å². The van der Waals surface area contributed by atoms with Crippen LogP contribution in [0.2, 0.25) is 0 Å². The third-order valence-electron chi connectivity index (χ3n) is 3.44. The van der Waals surface area contributed by atoms with Crippen molar-refractivity contribution >= 4 is 5.91 Å². The summed E-state index contributed by atoms with van der Waals surface area (Å²) in [6.45, 7) is 0.473. The van der Waals surface area contributed by atoms with Crippen LogP contribution in [0.15, 0.2) is 48.5 Å². The largest absolute Gasteiger partial charge is 0.497 e. The van der Waals surface area contributed by atoms with E-state index in [1.807, 2.05) is 48.5 Å². The van der Waals surface area contributed by atoms with E-state index in [0.29, 0.717) is 19.4 Å². The Kier molecular flexibility index (Phi) is 5.83. The maximum Gasteiger partial charge on any atom is 0.220 e. The lowest BCUT2D eigenvalue weighted by atomic mass is 10.1. The summed E-state index contributed by atoms with van der Waals surface area (Å²) in [4.78, 5) is 12.0. The topological polar surface area (TPSA) is 47.6 Å². The Morgan fingerprint density at radius 2 is 1.86 bits per heavy atom. The zero-order chi connectivity index (χ0) is 15.8. The number of carbonyl (C=O) groups excluding carboxylic acids is 1. The van der Waals surface area contributed by atoms with Crippen molar-refractivity contribution in [1.29, 1.82) is 0 Å². The average Bonchev–Trinajstić information content (AvgIpc) is 2.58. The zero-order valence-corrected chi connectivity index (χ0v) is 13.0. The number of para-hydroxylation sites is 1. The highest BCUT2D eigenvalue weighted by molar-refractivity contribution is 5.76. The molecule has 0 bridgehead atoms. The fourth-order valence-electron chi connectivity index (χ4n) is 2.22. The maximum atomic E-state index is 12.0. The lowest BCUT2D eigenvalue weighted by Crippen LogP contribution is -2.23. The molecule has 4 heteroatoms. The quantitative estimate of drug-likeness (QED) is 0.855. The molecule has 1 amide bonds. The number of hydrogen-bond acceptors (Lipinski definition) is 3. The van der Waals surface area contributed by atoms with Crippen LogP contribution in [0.5, 0.6) is 11.5 Å². The number of amides is 1. The predicted molar refractivity (Wildman–Crippen MR) is 86.2 cm³/mol. The van der Waals surface area contributed by atoms with Gasteiger partial charge < -0.3 is 14.8 Å². The van der Waals surface area contributed by atoms with E-state index in [9.17, 15) is 4.79 Å². The first-order valence-corrected chi connectivity index (χ1v) is 7.24. The summed E-state index contributed by atoms with van der Waals surface area (Å²) in [6.07, 6.45) is 1.14. The molecular formula is C18H21NO3. The molecule has 2 aromatic rings. The minimum absolute atomic E-state index is 0.0220. The second-order valence-electron chi connectivity index (χ2n) is 4.94. The van der Waals surface area contributed by atoms with Gasteiger partial charge >= 0.3 is 0 Å². The third-order valence-corrected chi connectivity index (χ3v) is 3.44. The van der Waals surface area contributed by atoms with Gasteiger partial charge in [0.1, 0.15) is 11.5 Å². The normalized spacial score (nSPS) is 10.1. The van der Waals surface area contributed by atoms with Gasteiger partial charge in [-0.3, -0.25) is 4.79 Å². The highest BCUT2D eigenvalue weighted by Gasteiger charge is 2.06. The van der Waals surface area contributed by atoms with Crippen LogP contribution in [0.25, 0.3) is 0 Å². The molecule has 0 atom stereocenters. The van der Waals surface area contributed by atoms with Crippen molar-refractivity contribution in [3.8, 4) is 11.5 Å². The summed E-state index contributed by atoms with van der Waals surface area (Å²) in [7, 11) is 3.27. The van der Waals surface area contributed by atoms with Crippen molar-refractivity contribution < 1.29 is 14.3 Å². The molecule has 0 heterocycles. The minimum Gasteiger partial charge on any atom is -0.497 e. The fraction of sp³-hybridized carbons (Fsp3) is 0.278. The zero-order valence-electron chi connectivity index (χ0n) is 13.0. The van der Waals surface area contributed by atoms with Crippen molar-refractivity contribution in [3.63, 3.8) is 0 Å². The molecule has 116 valence electrons. The summed E-state index contributed by atoms with van der Waals surface area (Å²) >= 11 is 0. The van der Waals surface area contributed by atoms with Gasteiger partial charge in [-0.2, -0.15) is 0 Å². The van der Waals surface area contributed by atoms with Gasteiger partial charge in [0.2, 0.25) is 5.91 Å². The second-order valence-corrected chi connectivity index (χ2v) is 4.94. The van der Waals surface area contributed by atoms with E-state index >= 15 is 0 Å². The Labute approximate surface area is 131 Å². The van der Waals surface area contributed by atoms with Crippen LogP contribution >= 0.6 is 0 Å². The number of rotatable bonds is 7. The van der Waals surface area contributed by atoms with E-state index in [1.54, 1.807) is 14.2 Å². The molecule has 0 aromatic heterocycles. The summed E-state index contributed by atoms with van der Waals surface area (Å²) in [5.41, 5.74) is 2.06. The molecule has 0 saturated carbocycles. The number of carbonyl (C=O) groups is 1. The Hall–Kier alpha value is -2.49. The molecule has 0 aliphatic rings. The van der Waals surface area contributed by atoms with E-state index in [2.05, 4.69) is 5.32 Å². The van der Waals surface area contributed by atoms with Crippen LogP contribution < -0.4 is 14.8 Å². The Bertz CT molecular complexity index is 625. The van der Waals surface area contributed by atoms with Crippen molar-refractivity contribution in [3.05, 3.63) is 59.7 Å².